The van der Waals surface area contributed by atoms with Crippen molar-refractivity contribution >= 4 is 0 Å². The summed E-state index contributed by atoms with van der Waals surface area (Å²) in [5.74, 6) is 0.533. The maximum absolute atomic E-state index is 12.9. The van der Waals surface area contributed by atoms with Crippen molar-refractivity contribution in [2.24, 2.45) is 0 Å². The van der Waals surface area contributed by atoms with Crippen LogP contribution in [-0.2, 0) is 12.7 Å². The molecule has 4 aromatic rings. The van der Waals surface area contributed by atoms with Crippen LogP contribution in [-0.4, -0.2) is 25.9 Å². The number of halogens is 3. The monoisotopic (exact) mass is 458 g/mol. The van der Waals surface area contributed by atoms with Gasteiger partial charge in [0.1, 0.15) is 12.3 Å². The highest BCUT2D eigenvalue weighted by atomic mass is 19.4. The van der Waals surface area contributed by atoms with Crippen LogP contribution in [0.1, 0.15) is 18.4 Å². The Kier molecular flexibility index (Phi) is 5.86. The molecule has 0 bridgehead atoms. The van der Waals surface area contributed by atoms with E-state index in [0.717, 1.165) is 16.7 Å². The molecule has 2 aromatic heterocycles. The third-order valence-corrected chi connectivity index (χ3v) is 4.71. The standard InChI is InChI=1S/C22H17F3N4O4/c1-2-32-17-8-6-16(7-9-17)29-11-10-28(20(30)21(29)31)13-18-26-19(27-33-18)14-4-3-5-15(12-14)22(23,24)25/h3-12H,2,13H2,1H3. The molecule has 11 heteroatoms. The Bertz CT molecular complexity index is 1390. The predicted octanol–water partition coefficient (Wildman–Crippen LogP) is 3.52. The molecular weight excluding hydrogens is 441 g/mol. The minimum absolute atomic E-state index is 0.0391. The highest BCUT2D eigenvalue weighted by Crippen LogP contribution is 2.31. The number of aromatic nitrogens is 4. The number of hydrogen-bond acceptors (Lipinski definition) is 6. The van der Waals surface area contributed by atoms with Gasteiger partial charge >= 0.3 is 17.3 Å². The Morgan fingerprint density at radius 3 is 2.48 bits per heavy atom. The molecule has 170 valence electrons. The number of rotatable bonds is 6. The molecule has 0 aliphatic rings. The predicted molar refractivity (Wildman–Crippen MR) is 111 cm³/mol. The van der Waals surface area contributed by atoms with Gasteiger partial charge in [0, 0.05) is 23.6 Å². The molecule has 0 amide bonds. The molecule has 33 heavy (non-hydrogen) atoms. The van der Waals surface area contributed by atoms with Crippen LogP contribution in [0.3, 0.4) is 0 Å². The molecule has 0 saturated carbocycles. The van der Waals surface area contributed by atoms with Crippen LogP contribution in [0.4, 0.5) is 13.2 Å². The molecule has 0 radical (unpaired) electrons. The molecule has 0 aliphatic carbocycles. The smallest absolute Gasteiger partial charge is 0.416 e. The lowest BCUT2D eigenvalue weighted by Crippen LogP contribution is -2.40. The van der Waals surface area contributed by atoms with Gasteiger partial charge in [-0.1, -0.05) is 17.3 Å². The van der Waals surface area contributed by atoms with Crippen molar-refractivity contribution in [1.29, 1.82) is 0 Å². The molecular formula is C22H17F3N4O4. The van der Waals surface area contributed by atoms with Crippen molar-refractivity contribution in [3.63, 3.8) is 0 Å². The van der Waals surface area contributed by atoms with Gasteiger partial charge in [0.05, 0.1) is 12.2 Å². The van der Waals surface area contributed by atoms with Crippen LogP contribution in [0.15, 0.2) is 75.0 Å². The first-order valence-corrected chi connectivity index (χ1v) is 9.82. The number of benzene rings is 2. The van der Waals surface area contributed by atoms with E-state index in [4.69, 9.17) is 9.26 Å². The Hall–Kier alpha value is -4.15. The summed E-state index contributed by atoms with van der Waals surface area (Å²) in [4.78, 5) is 29.2. The average molecular weight is 458 g/mol. The second kappa shape index (κ2) is 8.77. The first-order chi connectivity index (χ1) is 15.8. The molecule has 8 nitrogen and oxygen atoms in total. The van der Waals surface area contributed by atoms with Gasteiger partial charge in [0.2, 0.25) is 11.7 Å². The van der Waals surface area contributed by atoms with E-state index < -0.39 is 22.9 Å². The fourth-order valence-corrected chi connectivity index (χ4v) is 3.12. The summed E-state index contributed by atoms with van der Waals surface area (Å²) < 4.78 is 51.5. The van der Waals surface area contributed by atoms with Crippen LogP contribution in [0.5, 0.6) is 5.75 Å². The maximum atomic E-state index is 12.9. The largest absolute Gasteiger partial charge is 0.494 e. The van der Waals surface area contributed by atoms with Crippen LogP contribution >= 0.6 is 0 Å². The van der Waals surface area contributed by atoms with Gasteiger partial charge in [-0.05, 0) is 43.3 Å². The summed E-state index contributed by atoms with van der Waals surface area (Å²) >= 11 is 0. The highest BCUT2D eigenvalue weighted by molar-refractivity contribution is 5.55. The lowest BCUT2D eigenvalue weighted by molar-refractivity contribution is -0.137. The molecule has 0 fully saturated rings. The van der Waals surface area contributed by atoms with Gasteiger partial charge in [-0.15, -0.1) is 0 Å². The number of hydrogen-bond donors (Lipinski definition) is 0. The zero-order valence-corrected chi connectivity index (χ0v) is 17.2. The van der Waals surface area contributed by atoms with E-state index >= 15 is 0 Å². The SMILES string of the molecule is CCOc1ccc(-n2ccn(Cc3nc(-c4cccc(C(F)(F)F)c4)no3)c(=O)c2=O)cc1. The average Bonchev–Trinajstić information content (AvgIpc) is 3.26. The van der Waals surface area contributed by atoms with E-state index in [1.165, 1.54) is 29.1 Å². The van der Waals surface area contributed by atoms with Gasteiger partial charge in [-0.2, -0.15) is 18.2 Å². The molecule has 2 aromatic carbocycles. The van der Waals surface area contributed by atoms with Crippen LogP contribution in [0.2, 0.25) is 0 Å². The zero-order chi connectivity index (χ0) is 23.6. The molecule has 0 spiro atoms. The minimum atomic E-state index is -4.51. The molecule has 0 atom stereocenters. The minimum Gasteiger partial charge on any atom is -0.494 e. The summed E-state index contributed by atoms with van der Waals surface area (Å²) in [7, 11) is 0. The normalized spacial score (nSPS) is 11.5. The molecule has 4 rings (SSSR count). The molecule has 0 aliphatic heterocycles. The second-order valence-corrected chi connectivity index (χ2v) is 6.92. The first-order valence-electron chi connectivity index (χ1n) is 9.82. The summed E-state index contributed by atoms with van der Waals surface area (Å²) in [6.07, 6.45) is -1.71. The zero-order valence-electron chi connectivity index (χ0n) is 17.2. The van der Waals surface area contributed by atoms with E-state index in [2.05, 4.69) is 10.1 Å². The van der Waals surface area contributed by atoms with Crippen molar-refractivity contribution in [3.05, 3.63) is 93.1 Å². The lowest BCUT2D eigenvalue weighted by atomic mass is 10.1. The van der Waals surface area contributed by atoms with Gasteiger partial charge in [-0.25, -0.2) is 0 Å². The van der Waals surface area contributed by atoms with Crippen molar-refractivity contribution in [3.8, 4) is 22.8 Å². The third kappa shape index (κ3) is 4.71. The molecule has 2 heterocycles. The quantitative estimate of drug-likeness (QED) is 0.411. The van der Waals surface area contributed by atoms with Gasteiger partial charge in [-0.3, -0.25) is 18.7 Å². The van der Waals surface area contributed by atoms with Crippen molar-refractivity contribution in [2.45, 2.75) is 19.6 Å². The molecule has 0 saturated heterocycles. The van der Waals surface area contributed by atoms with E-state index in [1.54, 1.807) is 24.3 Å². The number of nitrogens with zero attached hydrogens (tertiary/aromatic N) is 4. The summed E-state index contributed by atoms with van der Waals surface area (Å²) in [5, 5.41) is 3.68. The second-order valence-electron chi connectivity index (χ2n) is 6.92. The van der Waals surface area contributed by atoms with Crippen molar-refractivity contribution < 1.29 is 22.4 Å². The van der Waals surface area contributed by atoms with Gasteiger partial charge < -0.3 is 9.26 Å². The van der Waals surface area contributed by atoms with E-state index in [-0.39, 0.29) is 23.8 Å². The Morgan fingerprint density at radius 1 is 1.03 bits per heavy atom. The summed E-state index contributed by atoms with van der Waals surface area (Å²) in [6.45, 7) is 2.13. The van der Waals surface area contributed by atoms with Gasteiger partial charge in [0.15, 0.2) is 0 Å². The lowest BCUT2D eigenvalue weighted by Gasteiger charge is -2.09. The van der Waals surface area contributed by atoms with Crippen LogP contribution in [0.25, 0.3) is 17.1 Å². The first kappa shape index (κ1) is 22.1. The van der Waals surface area contributed by atoms with Crippen molar-refractivity contribution in [1.82, 2.24) is 19.3 Å². The van der Waals surface area contributed by atoms with Crippen LogP contribution < -0.4 is 15.9 Å². The fraction of sp³-hybridized carbons (Fsp3) is 0.182. The summed E-state index contributed by atoms with van der Waals surface area (Å²) in [5.41, 5.74) is -1.87. The number of ether oxygens (including phenoxy) is 1. The molecule has 0 unspecified atom stereocenters. The maximum Gasteiger partial charge on any atom is 0.416 e. The van der Waals surface area contributed by atoms with Crippen molar-refractivity contribution in [2.75, 3.05) is 6.61 Å². The van der Waals surface area contributed by atoms with E-state index in [0.29, 0.717) is 18.0 Å². The Labute approximate surface area is 184 Å². The van der Waals surface area contributed by atoms with Crippen LogP contribution in [0, 0.1) is 0 Å². The Balaban J connectivity index is 1.57. The van der Waals surface area contributed by atoms with E-state index in [9.17, 15) is 22.8 Å². The topological polar surface area (TPSA) is 92.2 Å². The van der Waals surface area contributed by atoms with E-state index in [1.807, 2.05) is 6.92 Å². The fourth-order valence-electron chi connectivity index (χ4n) is 3.12. The van der Waals surface area contributed by atoms with Gasteiger partial charge in [0.25, 0.3) is 0 Å². The number of alkyl halides is 3. The Morgan fingerprint density at radius 2 is 1.79 bits per heavy atom. The third-order valence-electron chi connectivity index (χ3n) is 4.71. The molecule has 0 N–H and O–H groups in total. The summed E-state index contributed by atoms with van der Waals surface area (Å²) in [6, 6.07) is 11.1. The highest BCUT2D eigenvalue weighted by Gasteiger charge is 2.30.